The first-order valence-electron chi connectivity index (χ1n) is 7.29. The monoisotopic (exact) mass is 285 g/mol. The lowest BCUT2D eigenvalue weighted by Gasteiger charge is -2.08. The van der Waals surface area contributed by atoms with E-state index in [1.54, 1.807) is 7.11 Å². The molecule has 1 aromatic carbocycles. The molecule has 1 heterocycles. The highest BCUT2D eigenvalue weighted by molar-refractivity contribution is 5.78. The van der Waals surface area contributed by atoms with Crippen molar-refractivity contribution in [3.63, 3.8) is 0 Å². The smallest absolute Gasteiger partial charge is 0.153 e. The van der Waals surface area contributed by atoms with Gasteiger partial charge in [-0.3, -0.25) is 5.10 Å². The summed E-state index contributed by atoms with van der Waals surface area (Å²) in [4.78, 5) is 0. The lowest BCUT2D eigenvalue weighted by molar-refractivity contribution is 0.415. The van der Waals surface area contributed by atoms with Crippen LogP contribution in [0, 0.1) is 10.8 Å². The second-order valence-electron chi connectivity index (χ2n) is 7.01. The molecule has 0 amide bonds. The number of hydrogen-bond acceptors (Lipinski definition) is 3. The zero-order valence-electron chi connectivity index (χ0n) is 13.3. The summed E-state index contributed by atoms with van der Waals surface area (Å²) >= 11 is 0. The van der Waals surface area contributed by atoms with Gasteiger partial charge in [0.25, 0.3) is 0 Å². The highest BCUT2D eigenvalue weighted by atomic mass is 16.5. The number of ether oxygens (including phenoxy) is 1. The Morgan fingerprint density at radius 2 is 1.86 bits per heavy atom. The van der Waals surface area contributed by atoms with E-state index in [9.17, 15) is 0 Å². The fraction of sp³-hybridized carbons (Fsp3) is 0.471. The van der Waals surface area contributed by atoms with Crippen molar-refractivity contribution in [2.24, 2.45) is 10.8 Å². The predicted molar refractivity (Wildman–Crippen MR) is 85.3 cm³/mol. The Morgan fingerprint density at radius 3 is 2.43 bits per heavy atom. The predicted octanol–water partition coefficient (Wildman–Crippen LogP) is 3.82. The first-order chi connectivity index (χ1) is 9.80. The second kappa shape index (κ2) is 4.26. The number of nitrogens with one attached hydrogen (secondary N) is 1. The van der Waals surface area contributed by atoms with Crippen LogP contribution in [0.3, 0.4) is 0 Å². The SMILES string of the molecule is COc1cccc(-c2c(N)n[nH]c2C2C(C)(C)C2(C)C)c1. The number of nitrogen functional groups attached to an aromatic ring is 1. The summed E-state index contributed by atoms with van der Waals surface area (Å²) in [7, 11) is 1.67. The Hall–Kier alpha value is -1.97. The van der Waals surface area contributed by atoms with Crippen LogP contribution in [-0.4, -0.2) is 17.3 Å². The molecule has 1 fully saturated rings. The van der Waals surface area contributed by atoms with Crippen molar-refractivity contribution < 1.29 is 4.74 Å². The van der Waals surface area contributed by atoms with Gasteiger partial charge in [0.05, 0.1) is 7.11 Å². The van der Waals surface area contributed by atoms with Gasteiger partial charge in [-0.25, -0.2) is 0 Å². The standard InChI is InChI=1S/C17H23N3O/c1-16(2)14(17(16,3)4)13-12(15(18)20-19-13)10-7-6-8-11(9-10)21-5/h6-9,14H,1-5H3,(H3,18,19,20). The zero-order valence-corrected chi connectivity index (χ0v) is 13.3. The van der Waals surface area contributed by atoms with Gasteiger partial charge in [0.15, 0.2) is 5.82 Å². The number of anilines is 1. The summed E-state index contributed by atoms with van der Waals surface area (Å²) in [5.41, 5.74) is 9.79. The number of nitrogens with zero attached hydrogens (tertiary/aromatic N) is 1. The third-order valence-electron chi connectivity index (χ3n) is 5.49. The molecule has 0 unspecified atom stereocenters. The van der Waals surface area contributed by atoms with Crippen molar-refractivity contribution >= 4 is 5.82 Å². The quantitative estimate of drug-likeness (QED) is 0.901. The Balaban J connectivity index is 2.11. The number of hydrogen-bond donors (Lipinski definition) is 2. The van der Waals surface area contributed by atoms with Gasteiger partial charge in [-0.05, 0) is 28.5 Å². The lowest BCUT2D eigenvalue weighted by Crippen LogP contribution is -1.95. The van der Waals surface area contributed by atoms with Gasteiger partial charge < -0.3 is 10.5 Å². The molecule has 1 aromatic heterocycles. The maximum absolute atomic E-state index is 6.12. The number of methoxy groups -OCH3 is 1. The minimum atomic E-state index is 0.236. The molecule has 4 heteroatoms. The van der Waals surface area contributed by atoms with E-state index in [4.69, 9.17) is 10.5 Å². The van der Waals surface area contributed by atoms with Crippen molar-refractivity contribution in [2.75, 3.05) is 12.8 Å². The first kappa shape index (κ1) is 14.0. The van der Waals surface area contributed by atoms with E-state index >= 15 is 0 Å². The summed E-state index contributed by atoms with van der Waals surface area (Å²) in [5, 5.41) is 7.42. The van der Waals surface area contributed by atoms with Crippen LogP contribution in [0.25, 0.3) is 11.1 Å². The summed E-state index contributed by atoms with van der Waals surface area (Å²) in [6.45, 7) is 9.18. The molecule has 3 rings (SSSR count). The average Bonchev–Trinajstić information content (AvgIpc) is 2.72. The maximum atomic E-state index is 6.12. The average molecular weight is 285 g/mol. The minimum absolute atomic E-state index is 0.236. The third kappa shape index (κ3) is 1.85. The van der Waals surface area contributed by atoms with Gasteiger partial charge in [0.1, 0.15) is 5.75 Å². The highest BCUT2D eigenvalue weighted by Crippen LogP contribution is 2.74. The zero-order chi connectivity index (χ0) is 15.4. The van der Waals surface area contributed by atoms with Crippen molar-refractivity contribution in [1.29, 1.82) is 0 Å². The number of benzene rings is 1. The van der Waals surface area contributed by atoms with Crippen LogP contribution < -0.4 is 10.5 Å². The maximum Gasteiger partial charge on any atom is 0.153 e. The number of nitrogens with two attached hydrogens (primary N) is 1. The van der Waals surface area contributed by atoms with E-state index in [-0.39, 0.29) is 10.8 Å². The number of rotatable bonds is 3. The van der Waals surface area contributed by atoms with Gasteiger partial charge in [-0.1, -0.05) is 39.8 Å². The molecule has 0 aliphatic heterocycles. The molecule has 2 aromatic rings. The molecule has 1 saturated carbocycles. The van der Waals surface area contributed by atoms with Gasteiger partial charge >= 0.3 is 0 Å². The van der Waals surface area contributed by atoms with Crippen molar-refractivity contribution in [2.45, 2.75) is 33.6 Å². The van der Waals surface area contributed by atoms with Crippen LogP contribution in [0.4, 0.5) is 5.82 Å². The van der Waals surface area contributed by atoms with Crippen molar-refractivity contribution in [3.05, 3.63) is 30.0 Å². The molecule has 4 nitrogen and oxygen atoms in total. The van der Waals surface area contributed by atoms with E-state index in [0.717, 1.165) is 22.6 Å². The molecule has 1 aliphatic rings. The molecule has 21 heavy (non-hydrogen) atoms. The van der Waals surface area contributed by atoms with Crippen molar-refractivity contribution in [3.8, 4) is 16.9 Å². The summed E-state index contributed by atoms with van der Waals surface area (Å²) < 4.78 is 5.32. The minimum Gasteiger partial charge on any atom is -0.497 e. The molecule has 0 atom stereocenters. The molecule has 0 spiro atoms. The Bertz CT molecular complexity index is 671. The van der Waals surface area contributed by atoms with E-state index < -0.39 is 0 Å². The number of aromatic amines is 1. The molecular formula is C17H23N3O. The van der Waals surface area contributed by atoms with Crippen molar-refractivity contribution in [1.82, 2.24) is 10.2 Å². The summed E-state index contributed by atoms with van der Waals surface area (Å²) in [6, 6.07) is 7.97. The second-order valence-corrected chi connectivity index (χ2v) is 7.01. The normalized spacial score (nSPS) is 19.5. The van der Waals surface area contributed by atoms with Crippen LogP contribution in [0.1, 0.15) is 39.3 Å². The van der Waals surface area contributed by atoms with Crippen LogP contribution in [0.15, 0.2) is 24.3 Å². The van der Waals surface area contributed by atoms with Crippen LogP contribution in [0.2, 0.25) is 0 Å². The highest BCUT2D eigenvalue weighted by Gasteiger charge is 2.66. The Kier molecular flexibility index (Phi) is 2.84. The molecule has 0 radical (unpaired) electrons. The number of H-pyrrole nitrogens is 1. The van der Waals surface area contributed by atoms with Crippen LogP contribution in [0.5, 0.6) is 5.75 Å². The van der Waals surface area contributed by atoms with E-state index in [2.05, 4.69) is 44.0 Å². The molecule has 3 N–H and O–H groups in total. The molecule has 1 aliphatic carbocycles. The first-order valence-corrected chi connectivity index (χ1v) is 7.29. The summed E-state index contributed by atoms with van der Waals surface area (Å²) in [5.74, 6) is 1.81. The Morgan fingerprint density at radius 1 is 1.19 bits per heavy atom. The molecule has 112 valence electrons. The van der Waals surface area contributed by atoms with Gasteiger partial charge in [-0.15, -0.1) is 0 Å². The number of aromatic nitrogens is 2. The van der Waals surface area contributed by atoms with E-state index in [1.807, 2.05) is 18.2 Å². The fourth-order valence-electron chi connectivity index (χ4n) is 3.58. The van der Waals surface area contributed by atoms with E-state index in [1.165, 1.54) is 0 Å². The molecule has 0 saturated heterocycles. The largest absolute Gasteiger partial charge is 0.497 e. The van der Waals surface area contributed by atoms with E-state index in [0.29, 0.717) is 11.7 Å². The van der Waals surface area contributed by atoms with Crippen LogP contribution >= 0.6 is 0 Å². The van der Waals surface area contributed by atoms with Gasteiger partial charge in [0.2, 0.25) is 0 Å². The topological polar surface area (TPSA) is 63.9 Å². The third-order valence-corrected chi connectivity index (χ3v) is 5.49. The fourth-order valence-corrected chi connectivity index (χ4v) is 3.58. The van der Waals surface area contributed by atoms with Gasteiger partial charge in [-0.2, -0.15) is 5.10 Å². The molecule has 0 bridgehead atoms. The lowest BCUT2D eigenvalue weighted by atomic mass is 9.99. The molecular weight excluding hydrogens is 262 g/mol. The Labute approximate surface area is 125 Å². The summed E-state index contributed by atoms with van der Waals surface area (Å²) in [6.07, 6.45) is 0. The van der Waals surface area contributed by atoms with Gasteiger partial charge in [0, 0.05) is 17.2 Å². The van der Waals surface area contributed by atoms with Crippen LogP contribution in [-0.2, 0) is 0 Å².